The average molecular weight is 462 g/mol. The molecule has 0 aliphatic rings. The molecule has 0 aliphatic carbocycles. The average Bonchev–Trinajstić information content (AvgIpc) is 2.77. The smallest absolute Gasteiger partial charge is 0.252 e. The van der Waals surface area contributed by atoms with Gasteiger partial charge in [0, 0.05) is 18.7 Å². The quantitative estimate of drug-likeness (QED) is 0.505. The maximum atomic E-state index is 12.9. The van der Waals surface area contributed by atoms with E-state index < -0.39 is 11.9 Å². The summed E-state index contributed by atoms with van der Waals surface area (Å²) in [7, 11) is 5.35. The van der Waals surface area contributed by atoms with Gasteiger partial charge in [-0.1, -0.05) is 55.3 Å². The van der Waals surface area contributed by atoms with Crippen LogP contribution in [-0.4, -0.2) is 57.1 Å². The second-order valence-corrected chi connectivity index (χ2v) is 8.08. The Kier molecular flexibility index (Phi) is 10.3. The van der Waals surface area contributed by atoms with Crippen molar-refractivity contribution in [3.05, 3.63) is 58.6 Å². The fourth-order valence-corrected chi connectivity index (χ4v) is 3.31. The van der Waals surface area contributed by atoms with E-state index in [9.17, 15) is 9.59 Å². The van der Waals surface area contributed by atoms with Crippen LogP contribution < -0.4 is 20.1 Å². The van der Waals surface area contributed by atoms with Gasteiger partial charge in [-0.2, -0.15) is 0 Å². The van der Waals surface area contributed by atoms with E-state index in [4.69, 9.17) is 21.1 Å². The number of amides is 2. The van der Waals surface area contributed by atoms with Crippen molar-refractivity contribution >= 4 is 23.4 Å². The molecule has 0 radical (unpaired) electrons. The van der Waals surface area contributed by atoms with Crippen molar-refractivity contribution in [3.63, 3.8) is 0 Å². The van der Waals surface area contributed by atoms with Crippen molar-refractivity contribution < 1.29 is 19.1 Å². The van der Waals surface area contributed by atoms with Gasteiger partial charge in [0.05, 0.1) is 12.1 Å². The van der Waals surface area contributed by atoms with Crippen LogP contribution in [0.4, 0.5) is 0 Å². The summed E-state index contributed by atoms with van der Waals surface area (Å²) >= 11 is 6.41. The molecule has 7 nitrogen and oxygen atoms in total. The zero-order valence-corrected chi connectivity index (χ0v) is 19.9. The SMILES string of the molecule is CCC[C@H](NC(=O)c1cc(Cl)c(OCc2ccccc2)c(OC)c1)C(=O)NCCN(C)C. The van der Waals surface area contributed by atoms with Crippen LogP contribution >= 0.6 is 11.6 Å². The van der Waals surface area contributed by atoms with Crippen LogP contribution in [0.1, 0.15) is 35.7 Å². The van der Waals surface area contributed by atoms with Gasteiger partial charge in [0.25, 0.3) is 5.91 Å². The van der Waals surface area contributed by atoms with E-state index in [2.05, 4.69) is 10.6 Å². The van der Waals surface area contributed by atoms with Gasteiger partial charge < -0.3 is 25.0 Å². The van der Waals surface area contributed by atoms with Crippen LogP contribution in [0.15, 0.2) is 42.5 Å². The molecule has 8 heteroatoms. The third-order valence-electron chi connectivity index (χ3n) is 4.78. The van der Waals surface area contributed by atoms with Gasteiger partial charge in [-0.25, -0.2) is 0 Å². The van der Waals surface area contributed by atoms with E-state index >= 15 is 0 Å². The Morgan fingerprint density at radius 1 is 1.16 bits per heavy atom. The van der Waals surface area contributed by atoms with E-state index in [0.717, 1.165) is 18.5 Å². The van der Waals surface area contributed by atoms with Gasteiger partial charge in [0.15, 0.2) is 11.5 Å². The molecule has 0 spiro atoms. The Morgan fingerprint density at radius 2 is 1.88 bits per heavy atom. The number of carbonyl (C=O) groups is 2. The van der Waals surface area contributed by atoms with Crippen molar-refractivity contribution in [2.24, 2.45) is 0 Å². The van der Waals surface area contributed by atoms with Gasteiger partial charge >= 0.3 is 0 Å². The third kappa shape index (κ3) is 7.73. The van der Waals surface area contributed by atoms with Crippen LogP contribution in [-0.2, 0) is 11.4 Å². The predicted octanol–water partition coefficient (Wildman–Crippen LogP) is 3.50. The first-order valence-electron chi connectivity index (χ1n) is 10.6. The summed E-state index contributed by atoms with van der Waals surface area (Å²) in [6, 6.07) is 12.1. The zero-order valence-electron chi connectivity index (χ0n) is 19.1. The number of halogens is 1. The molecular formula is C24H32ClN3O4. The molecule has 1 atom stereocenters. The van der Waals surface area contributed by atoms with Gasteiger partial charge in [0.2, 0.25) is 5.91 Å². The highest BCUT2D eigenvalue weighted by Crippen LogP contribution is 2.37. The van der Waals surface area contributed by atoms with Crippen LogP contribution in [0.5, 0.6) is 11.5 Å². The van der Waals surface area contributed by atoms with Crippen LogP contribution in [0.2, 0.25) is 5.02 Å². The second-order valence-electron chi connectivity index (χ2n) is 7.67. The van der Waals surface area contributed by atoms with Crippen LogP contribution in [0.25, 0.3) is 0 Å². The van der Waals surface area contributed by atoms with Crippen LogP contribution in [0.3, 0.4) is 0 Å². The van der Waals surface area contributed by atoms with Crippen molar-refractivity contribution in [1.82, 2.24) is 15.5 Å². The monoisotopic (exact) mass is 461 g/mol. The number of likely N-dealkylation sites (N-methyl/N-ethyl adjacent to an activating group) is 1. The van der Waals surface area contributed by atoms with E-state index in [-0.39, 0.29) is 10.9 Å². The summed E-state index contributed by atoms with van der Waals surface area (Å²) in [5.41, 5.74) is 1.27. The molecule has 2 aromatic carbocycles. The number of benzene rings is 2. The Balaban J connectivity index is 2.10. The first kappa shape index (κ1) is 25.5. The lowest BCUT2D eigenvalue weighted by atomic mass is 10.1. The van der Waals surface area contributed by atoms with Gasteiger partial charge in [-0.05, 0) is 38.2 Å². The molecule has 0 heterocycles. The van der Waals surface area contributed by atoms with Crippen LogP contribution in [0, 0.1) is 0 Å². The molecule has 2 amide bonds. The lowest BCUT2D eigenvalue weighted by Gasteiger charge is -2.19. The molecular weight excluding hydrogens is 430 g/mol. The van der Waals surface area contributed by atoms with E-state index in [1.54, 1.807) is 6.07 Å². The molecule has 0 unspecified atom stereocenters. The molecule has 32 heavy (non-hydrogen) atoms. The minimum absolute atomic E-state index is 0.206. The van der Waals surface area contributed by atoms with Gasteiger partial charge in [-0.3, -0.25) is 9.59 Å². The number of nitrogens with zero attached hydrogens (tertiary/aromatic N) is 1. The summed E-state index contributed by atoms with van der Waals surface area (Å²) in [6.07, 6.45) is 1.28. The first-order chi connectivity index (χ1) is 15.3. The van der Waals surface area contributed by atoms with E-state index in [0.29, 0.717) is 36.6 Å². The van der Waals surface area contributed by atoms with Gasteiger partial charge in [-0.15, -0.1) is 0 Å². The van der Waals surface area contributed by atoms with E-state index in [1.165, 1.54) is 13.2 Å². The topological polar surface area (TPSA) is 79.9 Å². The fourth-order valence-electron chi connectivity index (χ4n) is 3.05. The molecule has 2 aromatic rings. The number of carbonyl (C=O) groups excluding carboxylic acids is 2. The molecule has 0 aromatic heterocycles. The molecule has 174 valence electrons. The highest BCUT2D eigenvalue weighted by atomic mass is 35.5. The standard InChI is InChI=1S/C24H32ClN3O4/c1-5-9-20(24(30)26-12-13-28(2)3)27-23(29)18-14-19(25)22(21(15-18)31-4)32-16-17-10-7-6-8-11-17/h6-8,10-11,14-15,20H,5,9,12-13,16H2,1-4H3,(H,26,30)(H,27,29)/t20-/m0/s1. The largest absolute Gasteiger partial charge is 0.493 e. The third-order valence-corrected chi connectivity index (χ3v) is 5.06. The Morgan fingerprint density at radius 3 is 2.50 bits per heavy atom. The Hall–Kier alpha value is -2.77. The van der Waals surface area contributed by atoms with Crippen molar-refractivity contribution in [2.75, 3.05) is 34.3 Å². The zero-order chi connectivity index (χ0) is 23.5. The molecule has 0 fully saturated rings. The van der Waals surface area contributed by atoms with Crippen molar-refractivity contribution in [1.29, 1.82) is 0 Å². The Bertz CT molecular complexity index is 890. The molecule has 0 saturated heterocycles. The molecule has 0 bridgehead atoms. The molecule has 0 saturated carbocycles. The highest BCUT2D eigenvalue weighted by Gasteiger charge is 2.22. The number of methoxy groups -OCH3 is 1. The lowest BCUT2D eigenvalue weighted by molar-refractivity contribution is -0.123. The summed E-state index contributed by atoms with van der Waals surface area (Å²) in [4.78, 5) is 27.4. The number of rotatable bonds is 12. The summed E-state index contributed by atoms with van der Waals surface area (Å²) in [5, 5.41) is 5.93. The molecule has 2 rings (SSSR count). The highest BCUT2D eigenvalue weighted by molar-refractivity contribution is 6.32. The minimum atomic E-state index is -0.631. The number of hydrogen-bond donors (Lipinski definition) is 2. The Labute approximate surface area is 195 Å². The maximum absolute atomic E-state index is 12.9. The molecule has 0 aliphatic heterocycles. The summed E-state index contributed by atoms with van der Waals surface area (Å²) < 4.78 is 11.3. The number of hydrogen-bond acceptors (Lipinski definition) is 5. The molecule has 2 N–H and O–H groups in total. The van der Waals surface area contributed by atoms with Crippen molar-refractivity contribution in [3.8, 4) is 11.5 Å². The normalized spacial score (nSPS) is 11.7. The fraction of sp³-hybridized carbons (Fsp3) is 0.417. The van der Waals surface area contributed by atoms with Gasteiger partial charge in [0.1, 0.15) is 12.6 Å². The summed E-state index contributed by atoms with van der Waals surface area (Å²) in [5.74, 6) is 0.103. The maximum Gasteiger partial charge on any atom is 0.252 e. The second kappa shape index (κ2) is 12.9. The van der Waals surface area contributed by atoms with E-state index in [1.807, 2.05) is 56.3 Å². The minimum Gasteiger partial charge on any atom is -0.493 e. The van der Waals surface area contributed by atoms with Crippen molar-refractivity contribution in [2.45, 2.75) is 32.4 Å². The summed E-state index contributed by atoms with van der Waals surface area (Å²) in [6.45, 7) is 3.50. The lowest BCUT2D eigenvalue weighted by Crippen LogP contribution is -2.47. The number of nitrogens with one attached hydrogen (secondary N) is 2. The number of ether oxygens (including phenoxy) is 2. The predicted molar refractivity (Wildman–Crippen MR) is 127 cm³/mol. The first-order valence-corrected chi connectivity index (χ1v) is 11.0.